The van der Waals surface area contributed by atoms with Gasteiger partial charge in [-0.05, 0) is 37.6 Å². The first-order valence-electron chi connectivity index (χ1n) is 9.36. The van der Waals surface area contributed by atoms with Crippen LogP contribution in [0.2, 0.25) is 0 Å². The van der Waals surface area contributed by atoms with Crippen LogP contribution in [0.15, 0.2) is 36.8 Å². The molecule has 2 N–H and O–H groups in total. The Morgan fingerprint density at radius 3 is 2.86 bits per heavy atom. The van der Waals surface area contributed by atoms with Crippen molar-refractivity contribution in [2.75, 3.05) is 24.7 Å². The van der Waals surface area contributed by atoms with E-state index in [0.717, 1.165) is 51.5 Å². The van der Waals surface area contributed by atoms with Gasteiger partial charge in [-0.25, -0.2) is 4.98 Å². The zero-order chi connectivity index (χ0) is 19.1. The Labute approximate surface area is 162 Å². The number of hydrogen-bond acceptors (Lipinski definition) is 6. The van der Waals surface area contributed by atoms with Gasteiger partial charge in [0.25, 0.3) is 0 Å². The van der Waals surface area contributed by atoms with Crippen LogP contribution in [-0.4, -0.2) is 56.2 Å². The third-order valence-corrected chi connectivity index (χ3v) is 5.23. The van der Waals surface area contributed by atoms with Crippen LogP contribution in [-0.2, 0) is 4.74 Å². The number of hydrogen-bond donors (Lipinski definition) is 2. The molecular weight excluding hydrogens is 354 g/mol. The summed E-state index contributed by atoms with van der Waals surface area (Å²) in [4.78, 5) is 11.9. The first kappa shape index (κ1) is 16.9. The molecule has 0 amide bonds. The van der Waals surface area contributed by atoms with Gasteiger partial charge in [-0.3, -0.25) is 15.2 Å². The molecule has 0 bridgehead atoms. The molecule has 1 aliphatic rings. The second-order valence-electron chi connectivity index (χ2n) is 7.10. The van der Waals surface area contributed by atoms with Gasteiger partial charge >= 0.3 is 0 Å². The molecule has 4 aromatic rings. The summed E-state index contributed by atoms with van der Waals surface area (Å²) in [6.45, 7) is 6.41. The largest absolute Gasteiger partial charge is 0.377 e. The maximum Gasteiger partial charge on any atom is 0.130 e. The van der Waals surface area contributed by atoms with Crippen molar-refractivity contribution in [2.24, 2.45) is 0 Å². The Morgan fingerprint density at radius 1 is 1.18 bits per heavy atom. The van der Waals surface area contributed by atoms with E-state index >= 15 is 0 Å². The Kier molecular flexibility index (Phi) is 4.05. The van der Waals surface area contributed by atoms with Gasteiger partial charge in [-0.15, -0.1) is 0 Å². The van der Waals surface area contributed by atoms with E-state index in [1.807, 2.05) is 24.5 Å². The highest BCUT2D eigenvalue weighted by Crippen LogP contribution is 2.35. The summed E-state index contributed by atoms with van der Waals surface area (Å²) in [7, 11) is 0. The number of ether oxygens (including phenoxy) is 1. The summed E-state index contributed by atoms with van der Waals surface area (Å²) >= 11 is 0. The zero-order valence-corrected chi connectivity index (χ0v) is 15.8. The number of pyridine rings is 2. The minimum atomic E-state index is 0.252. The molecule has 8 heteroatoms. The molecule has 0 spiro atoms. The molecule has 0 saturated carbocycles. The van der Waals surface area contributed by atoms with E-state index in [4.69, 9.17) is 9.72 Å². The molecule has 1 saturated heterocycles. The highest BCUT2D eigenvalue weighted by molar-refractivity contribution is 6.01. The van der Waals surface area contributed by atoms with E-state index < -0.39 is 0 Å². The Hall–Kier alpha value is -3.26. The van der Waals surface area contributed by atoms with Gasteiger partial charge in [0.2, 0.25) is 0 Å². The second kappa shape index (κ2) is 6.72. The summed E-state index contributed by atoms with van der Waals surface area (Å²) in [5, 5.41) is 15.5. The average molecular weight is 375 g/mol. The molecule has 28 heavy (non-hydrogen) atoms. The molecule has 5 rings (SSSR count). The predicted octanol–water partition coefficient (Wildman–Crippen LogP) is 2.94. The van der Waals surface area contributed by atoms with Crippen LogP contribution < -0.4 is 4.90 Å². The number of nitrogens with zero attached hydrogens (tertiary/aromatic N) is 5. The fourth-order valence-corrected chi connectivity index (χ4v) is 3.76. The number of morpholine rings is 1. The summed E-state index contributed by atoms with van der Waals surface area (Å²) in [6, 6.07) is 6.31. The first-order chi connectivity index (χ1) is 13.7. The van der Waals surface area contributed by atoms with Crippen molar-refractivity contribution in [1.29, 1.82) is 0 Å². The van der Waals surface area contributed by atoms with E-state index in [2.05, 4.69) is 50.2 Å². The maximum absolute atomic E-state index is 5.61. The average Bonchev–Trinajstić information content (AvgIpc) is 3.39. The van der Waals surface area contributed by atoms with Gasteiger partial charge in [0.15, 0.2) is 0 Å². The smallest absolute Gasteiger partial charge is 0.130 e. The van der Waals surface area contributed by atoms with Gasteiger partial charge in [-0.1, -0.05) is 0 Å². The van der Waals surface area contributed by atoms with Crippen molar-refractivity contribution in [1.82, 2.24) is 30.4 Å². The molecule has 8 nitrogen and oxygen atoms in total. The van der Waals surface area contributed by atoms with Crippen molar-refractivity contribution in [3.8, 4) is 22.6 Å². The predicted molar refractivity (Wildman–Crippen MR) is 107 cm³/mol. The monoisotopic (exact) mass is 375 g/mol. The number of nitrogens with one attached hydrogen (secondary N) is 2. The van der Waals surface area contributed by atoms with Gasteiger partial charge in [-0.2, -0.15) is 10.2 Å². The molecule has 0 radical (unpaired) electrons. The van der Waals surface area contributed by atoms with Gasteiger partial charge in [0.05, 0.1) is 36.8 Å². The fourth-order valence-electron chi connectivity index (χ4n) is 3.76. The lowest BCUT2D eigenvalue weighted by Crippen LogP contribution is -2.44. The lowest BCUT2D eigenvalue weighted by Gasteiger charge is -2.34. The highest BCUT2D eigenvalue weighted by atomic mass is 16.5. The van der Waals surface area contributed by atoms with Crippen LogP contribution >= 0.6 is 0 Å². The number of anilines is 1. The minimum absolute atomic E-state index is 0.252. The minimum Gasteiger partial charge on any atom is -0.377 e. The number of H-pyrrole nitrogens is 2. The molecule has 4 aromatic heterocycles. The molecule has 0 aliphatic carbocycles. The maximum atomic E-state index is 5.61. The van der Waals surface area contributed by atoms with Crippen molar-refractivity contribution in [3.05, 3.63) is 42.4 Å². The van der Waals surface area contributed by atoms with Crippen LogP contribution in [0, 0.1) is 6.92 Å². The fraction of sp³-hybridized carbons (Fsp3) is 0.300. The van der Waals surface area contributed by atoms with Crippen LogP contribution in [0.1, 0.15) is 12.5 Å². The Bertz CT molecular complexity index is 1120. The van der Waals surface area contributed by atoms with Crippen molar-refractivity contribution < 1.29 is 4.74 Å². The lowest BCUT2D eigenvalue weighted by molar-refractivity contribution is 0.0986. The van der Waals surface area contributed by atoms with E-state index in [9.17, 15) is 0 Å². The molecule has 0 aromatic carbocycles. The first-order valence-corrected chi connectivity index (χ1v) is 9.36. The van der Waals surface area contributed by atoms with E-state index in [1.54, 1.807) is 6.20 Å². The summed E-state index contributed by atoms with van der Waals surface area (Å²) < 4.78 is 5.61. The van der Waals surface area contributed by atoms with Crippen LogP contribution in [0.25, 0.3) is 33.5 Å². The Balaban J connectivity index is 1.79. The number of aromatic nitrogens is 6. The number of aryl methyl sites for hydroxylation is 1. The lowest BCUT2D eigenvalue weighted by atomic mass is 10.0. The molecule has 5 heterocycles. The Morgan fingerprint density at radius 2 is 2.11 bits per heavy atom. The summed E-state index contributed by atoms with van der Waals surface area (Å²) in [6.07, 6.45) is 5.38. The van der Waals surface area contributed by atoms with Crippen molar-refractivity contribution in [2.45, 2.75) is 19.9 Å². The number of aromatic amines is 2. The summed E-state index contributed by atoms with van der Waals surface area (Å²) in [5.74, 6) is 0.918. The molecule has 142 valence electrons. The number of fused-ring (bicyclic) bond motifs is 1. The molecule has 1 aliphatic heterocycles. The topological polar surface area (TPSA) is 95.6 Å². The van der Waals surface area contributed by atoms with Crippen LogP contribution in [0.4, 0.5) is 5.82 Å². The molecule has 1 atom stereocenters. The van der Waals surface area contributed by atoms with Crippen LogP contribution in [0.5, 0.6) is 0 Å². The van der Waals surface area contributed by atoms with Crippen molar-refractivity contribution in [3.63, 3.8) is 0 Å². The third kappa shape index (κ3) is 2.73. The normalized spacial score (nSPS) is 17.4. The quantitative estimate of drug-likeness (QED) is 0.572. The number of rotatable bonds is 3. The van der Waals surface area contributed by atoms with Gasteiger partial charge < -0.3 is 9.64 Å². The van der Waals surface area contributed by atoms with Gasteiger partial charge in [0, 0.05) is 29.9 Å². The summed E-state index contributed by atoms with van der Waals surface area (Å²) in [5.41, 5.74) is 5.63. The highest BCUT2D eigenvalue weighted by Gasteiger charge is 2.23. The standard InChI is InChI=1S/C20H21N7O/c1-12-10-23-26-18(12)15-9-17(27-7-8-28-11-13(27)2)24-19-14(15)3-5-21-20(19)16-4-6-22-25-16/h3-6,9-10,13H,7-8,11H2,1-2H3,(H,22,25)(H,23,26). The third-order valence-electron chi connectivity index (χ3n) is 5.23. The van der Waals surface area contributed by atoms with E-state index in [0.29, 0.717) is 13.2 Å². The molecule has 1 fully saturated rings. The zero-order valence-electron chi connectivity index (χ0n) is 15.8. The molecular formula is C20H21N7O. The van der Waals surface area contributed by atoms with E-state index in [1.165, 1.54) is 0 Å². The van der Waals surface area contributed by atoms with Crippen molar-refractivity contribution >= 4 is 16.7 Å². The van der Waals surface area contributed by atoms with E-state index in [-0.39, 0.29) is 6.04 Å². The van der Waals surface area contributed by atoms with Crippen LogP contribution in [0.3, 0.4) is 0 Å². The second-order valence-corrected chi connectivity index (χ2v) is 7.10. The SMILES string of the molecule is Cc1cn[nH]c1-c1cc(N2CCOCC2C)nc2c(-c3ccn[nH]3)nccc12. The molecule has 1 unspecified atom stereocenters. The van der Waals surface area contributed by atoms with Gasteiger partial charge in [0.1, 0.15) is 17.0 Å².